The van der Waals surface area contributed by atoms with Crippen LogP contribution in [-0.2, 0) is 0 Å². The van der Waals surface area contributed by atoms with Crippen LogP contribution in [0.3, 0.4) is 0 Å². The molecule has 7 aromatic carbocycles. The van der Waals surface area contributed by atoms with Crippen molar-refractivity contribution in [1.82, 2.24) is 4.98 Å². The van der Waals surface area contributed by atoms with Crippen molar-refractivity contribution in [1.29, 1.82) is 0 Å². The minimum absolute atomic E-state index is 0.661. The van der Waals surface area contributed by atoms with Gasteiger partial charge in [0.15, 0.2) is 0 Å². The SMILES string of the molecule is c1ccc(-c2ccc(N(c3ccc(-c4ccc5ccccc5c4)cc3)c3ccc(-c4cccc5oc6ncccc6c45)cc3)cc2)cc1. The van der Waals surface area contributed by atoms with Gasteiger partial charge in [-0.15, -0.1) is 0 Å². The highest BCUT2D eigenvalue weighted by atomic mass is 16.3. The van der Waals surface area contributed by atoms with Crippen LogP contribution in [0.25, 0.3) is 66.2 Å². The first kappa shape index (κ1) is 27.8. The molecule has 0 aliphatic heterocycles. The number of fused-ring (bicyclic) bond motifs is 4. The first-order chi connectivity index (χ1) is 23.8. The Morgan fingerprint density at radius 1 is 0.417 bits per heavy atom. The first-order valence-electron chi connectivity index (χ1n) is 16.2. The fraction of sp³-hybridized carbons (Fsp3) is 0. The second-order valence-electron chi connectivity index (χ2n) is 12.0. The standard InChI is InChI=1S/C45H30N2O/c1-2-8-31(9-3-1)33-17-23-38(24-18-33)47(39-25-19-34(20-26-39)37-16-15-32-10-4-5-11-36(32)30-37)40-27-21-35(22-28-40)41-12-6-14-43-44(41)42-13-7-29-46-45(42)48-43/h1-30H. The number of pyridine rings is 1. The van der Waals surface area contributed by atoms with Crippen LogP contribution in [0.2, 0.25) is 0 Å². The number of benzene rings is 7. The highest BCUT2D eigenvalue weighted by Gasteiger charge is 2.16. The molecule has 0 amide bonds. The van der Waals surface area contributed by atoms with Crippen LogP contribution in [0.1, 0.15) is 0 Å². The average Bonchev–Trinajstić information content (AvgIpc) is 3.55. The van der Waals surface area contributed by atoms with E-state index in [2.05, 4.69) is 168 Å². The topological polar surface area (TPSA) is 29.3 Å². The van der Waals surface area contributed by atoms with Gasteiger partial charge in [0.1, 0.15) is 5.58 Å². The number of aromatic nitrogens is 1. The molecule has 0 spiro atoms. The van der Waals surface area contributed by atoms with E-state index < -0.39 is 0 Å². The van der Waals surface area contributed by atoms with Crippen LogP contribution in [0.5, 0.6) is 0 Å². The minimum atomic E-state index is 0.661. The van der Waals surface area contributed by atoms with E-state index in [0.717, 1.165) is 44.5 Å². The Labute approximate surface area is 279 Å². The Morgan fingerprint density at radius 2 is 1.00 bits per heavy atom. The highest BCUT2D eigenvalue weighted by Crippen LogP contribution is 2.40. The summed E-state index contributed by atoms with van der Waals surface area (Å²) in [6, 6.07) is 62.5. The van der Waals surface area contributed by atoms with Gasteiger partial charge in [-0.2, -0.15) is 0 Å². The van der Waals surface area contributed by atoms with E-state index in [0.29, 0.717) is 5.71 Å². The molecule has 0 fully saturated rings. The van der Waals surface area contributed by atoms with Gasteiger partial charge < -0.3 is 9.32 Å². The van der Waals surface area contributed by atoms with Crippen LogP contribution in [0.4, 0.5) is 17.1 Å². The molecule has 9 rings (SSSR count). The van der Waals surface area contributed by atoms with Crippen LogP contribution < -0.4 is 4.90 Å². The molecule has 0 radical (unpaired) electrons. The fourth-order valence-corrected chi connectivity index (χ4v) is 6.74. The van der Waals surface area contributed by atoms with Crippen LogP contribution in [-0.4, -0.2) is 4.98 Å². The normalized spacial score (nSPS) is 11.3. The van der Waals surface area contributed by atoms with Gasteiger partial charge in [-0.3, -0.25) is 0 Å². The first-order valence-corrected chi connectivity index (χ1v) is 16.2. The van der Waals surface area contributed by atoms with Crippen LogP contribution in [0, 0.1) is 0 Å². The molecule has 3 heteroatoms. The molecule has 3 nitrogen and oxygen atoms in total. The van der Waals surface area contributed by atoms with Crippen molar-refractivity contribution in [2.24, 2.45) is 0 Å². The molecule has 226 valence electrons. The molecular formula is C45H30N2O. The smallest absolute Gasteiger partial charge is 0.227 e. The highest BCUT2D eigenvalue weighted by molar-refractivity contribution is 6.11. The molecule has 0 atom stereocenters. The molecule has 0 aliphatic carbocycles. The molecule has 0 bridgehead atoms. The minimum Gasteiger partial charge on any atom is -0.438 e. The average molecular weight is 615 g/mol. The van der Waals surface area contributed by atoms with Gasteiger partial charge in [0.2, 0.25) is 5.71 Å². The molecule has 9 aromatic rings. The summed E-state index contributed by atoms with van der Waals surface area (Å²) in [5, 5.41) is 4.61. The number of rotatable bonds is 6. The monoisotopic (exact) mass is 614 g/mol. The summed E-state index contributed by atoms with van der Waals surface area (Å²) in [6.07, 6.45) is 1.77. The maximum Gasteiger partial charge on any atom is 0.227 e. The third kappa shape index (κ3) is 4.99. The Morgan fingerprint density at radius 3 is 1.71 bits per heavy atom. The Balaban J connectivity index is 1.11. The van der Waals surface area contributed by atoms with Crippen LogP contribution >= 0.6 is 0 Å². The van der Waals surface area contributed by atoms with Gasteiger partial charge in [0.25, 0.3) is 0 Å². The summed E-state index contributed by atoms with van der Waals surface area (Å²) in [6.45, 7) is 0. The lowest BCUT2D eigenvalue weighted by Crippen LogP contribution is -2.09. The molecular weight excluding hydrogens is 585 g/mol. The summed E-state index contributed by atoms with van der Waals surface area (Å²) in [7, 11) is 0. The van der Waals surface area contributed by atoms with Gasteiger partial charge in [-0.05, 0) is 105 Å². The second kappa shape index (κ2) is 11.7. The summed E-state index contributed by atoms with van der Waals surface area (Å²) >= 11 is 0. The molecule has 0 saturated carbocycles. The number of furan rings is 1. The molecule has 0 aliphatic rings. The fourth-order valence-electron chi connectivity index (χ4n) is 6.74. The maximum atomic E-state index is 6.08. The summed E-state index contributed by atoms with van der Waals surface area (Å²) in [4.78, 5) is 6.77. The zero-order chi connectivity index (χ0) is 31.9. The van der Waals surface area contributed by atoms with Crippen molar-refractivity contribution in [3.05, 3.63) is 182 Å². The summed E-state index contributed by atoms with van der Waals surface area (Å²) < 4.78 is 6.08. The molecule has 48 heavy (non-hydrogen) atoms. The van der Waals surface area contributed by atoms with Gasteiger partial charge >= 0.3 is 0 Å². The number of nitrogens with zero attached hydrogens (tertiary/aromatic N) is 2. The molecule has 2 heterocycles. The zero-order valence-electron chi connectivity index (χ0n) is 26.1. The van der Waals surface area contributed by atoms with E-state index in [4.69, 9.17) is 4.42 Å². The molecule has 0 saturated heterocycles. The van der Waals surface area contributed by atoms with Gasteiger partial charge in [0.05, 0.1) is 0 Å². The van der Waals surface area contributed by atoms with Crippen molar-refractivity contribution in [3.63, 3.8) is 0 Å². The summed E-state index contributed by atoms with van der Waals surface area (Å²) in [5.74, 6) is 0. The number of hydrogen-bond acceptors (Lipinski definition) is 3. The maximum absolute atomic E-state index is 6.08. The van der Waals surface area contributed by atoms with E-state index in [1.165, 1.54) is 33.0 Å². The molecule has 0 N–H and O–H groups in total. The van der Waals surface area contributed by atoms with Crippen molar-refractivity contribution in [2.45, 2.75) is 0 Å². The Bertz CT molecular complexity index is 2530. The molecule has 0 unspecified atom stereocenters. The lowest BCUT2D eigenvalue weighted by atomic mass is 9.99. The third-order valence-corrected chi connectivity index (χ3v) is 9.15. The number of hydrogen-bond donors (Lipinski definition) is 0. The van der Waals surface area contributed by atoms with Crippen molar-refractivity contribution >= 4 is 49.9 Å². The van der Waals surface area contributed by atoms with E-state index in [1.807, 2.05) is 18.2 Å². The predicted octanol–water partition coefficient (Wildman–Crippen LogP) is 12.6. The van der Waals surface area contributed by atoms with E-state index in [-0.39, 0.29) is 0 Å². The van der Waals surface area contributed by atoms with Crippen molar-refractivity contribution < 1.29 is 4.42 Å². The van der Waals surface area contributed by atoms with Gasteiger partial charge in [0, 0.05) is 34.0 Å². The quantitative estimate of drug-likeness (QED) is 0.187. The van der Waals surface area contributed by atoms with Gasteiger partial charge in [-0.25, -0.2) is 4.98 Å². The zero-order valence-corrected chi connectivity index (χ0v) is 26.1. The van der Waals surface area contributed by atoms with Crippen LogP contribution in [0.15, 0.2) is 187 Å². The lowest BCUT2D eigenvalue weighted by molar-refractivity contribution is 0.654. The molecule has 2 aromatic heterocycles. The van der Waals surface area contributed by atoms with E-state index in [9.17, 15) is 0 Å². The van der Waals surface area contributed by atoms with E-state index >= 15 is 0 Å². The Kier molecular flexibility index (Phi) is 6.80. The van der Waals surface area contributed by atoms with E-state index in [1.54, 1.807) is 6.20 Å². The third-order valence-electron chi connectivity index (χ3n) is 9.15. The Hall–Kier alpha value is -6.45. The lowest BCUT2D eigenvalue weighted by Gasteiger charge is -2.26. The second-order valence-corrected chi connectivity index (χ2v) is 12.0. The predicted molar refractivity (Wildman–Crippen MR) is 200 cm³/mol. The van der Waals surface area contributed by atoms with Gasteiger partial charge in [-0.1, -0.05) is 115 Å². The van der Waals surface area contributed by atoms with Crippen molar-refractivity contribution in [3.8, 4) is 33.4 Å². The summed E-state index contributed by atoms with van der Waals surface area (Å²) in [5.41, 5.74) is 11.8. The van der Waals surface area contributed by atoms with Crippen molar-refractivity contribution in [2.75, 3.05) is 4.90 Å². The largest absolute Gasteiger partial charge is 0.438 e. The number of anilines is 3.